The first kappa shape index (κ1) is 24.0. The molecule has 35 heavy (non-hydrogen) atoms. The molecule has 3 aromatic carbocycles. The van der Waals surface area contributed by atoms with Crippen molar-refractivity contribution in [3.8, 4) is 11.5 Å². The monoisotopic (exact) mass is 473 g/mol. The number of rotatable bonds is 8. The van der Waals surface area contributed by atoms with Gasteiger partial charge in [-0.15, -0.1) is 0 Å². The van der Waals surface area contributed by atoms with Crippen LogP contribution in [0.25, 0.3) is 5.76 Å². The molecule has 1 aliphatic rings. The molecule has 7 nitrogen and oxygen atoms in total. The summed E-state index contributed by atoms with van der Waals surface area (Å²) in [6.45, 7) is 2.83. The summed E-state index contributed by atoms with van der Waals surface area (Å²) in [5, 5.41) is 20.8. The van der Waals surface area contributed by atoms with Gasteiger partial charge in [0.1, 0.15) is 23.9 Å². The van der Waals surface area contributed by atoms with Gasteiger partial charge in [-0.1, -0.05) is 42.0 Å². The number of methoxy groups -OCH3 is 1. The summed E-state index contributed by atoms with van der Waals surface area (Å²) in [5.74, 6) is -1.08. The molecule has 1 fully saturated rings. The van der Waals surface area contributed by atoms with Crippen LogP contribution in [0.2, 0.25) is 0 Å². The first-order valence-corrected chi connectivity index (χ1v) is 11.2. The summed E-state index contributed by atoms with van der Waals surface area (Å²) in [6.07, 6.45) is 0. The molecule has 180 valence electrons. The third kappa shape index (κ3) is 5.20. The molecule has 0 aliphatic carbocycles. The first-order chi connectivity index (χ1) is 16.9. The van der Waals surface area contributed by atoms with Crippen LogP contribution in [0.3, 0.4) is 0 Å². The van der Waals surface area contributed by atoms with E-state index in [1.54, 1.807) is 36.4 Å². The zero-order chi connectivity index (χ0) is 24.9. The number of carbonyl (C=O) groups is 2. The van der Waals surface area contributed by atoms with Crippen LogP contribution >= 0.6 is 0 Å². The minimum absolute atomic E-state index is 0.00905. The van der Waals surface area contributed by atoms with Gasteiger partial charge >= 0.3 is 0 Å². The Hall–Kier alpha value is -4.10. The Morgan fingerprint density at radius 3 is 2.37 bits per heavy atom. The Morgan fingerprint density at radius 2 is 1.71 bits per heavy atom. The number of Topliss-reactive ketones (excluding diaryl/α,β-unsaturated/α-hetero) is 1. The molecule has 0 bridgehead atoms. The average Bonchev–Trinajstić information content (AvgIpc) is 3.11. The highest BCUT2D eigenvalue weighted by molar-refractivity contribution is 6.46. The highest BCUT2D eigenvalue weighted by atomic mass is 16.5. The molecule has 0 saturated carbocycles. The van der Waals surface area contributed by atoms with Crippen molar-refractivity contribution < 1.29 is 29.3 Å². The van der Waals surface area contributed by atoms with Crippen LogP contribution in [0.1, 0.15) is 28.3 Å². The second-order valence-corrected chi connectivity index (χ2v) is 8.38. The van der Waals surface area contributed by atoms with Gasteiger partial charge in [0.15, 0.2) is 0 Å². The summed E-state index contributed by atoms with van der Waals surface area (Å²) in [4.78, 5) is 27.2. The topological polar surface area (TPSA) is 96.3 Å². The van der Waals surface area contributed by atoms with E-state index in [1.165, 1.54) is 24.1 Å². The van der Waals surface area contributed by atoms with E-state index in [1.807, 2.05) is 31.2 Å². The SMILES string of the molecule is COCCN1C(=O)C(=O)/C(=C(/O)c2ccc(OCc3cccc(C)c3)cc2)[C@H]1c1ccc(O)cc1. The quantitative estimate of drug-likeness (QED) is 0.287. The molecular formula is C28H27NO6. The lowest BCUT2D eigenvalue weighted by Crippen LogP contribution is -2.32. The van der Waals surface area contributed by atoms with Crippen molar-refractivity contribution in [2.45, 2.75) is 19.6 Å². The van der Waals surface area contributed by atoms with Crippen LogP contribution in [-0.2, 0) is 20.9 Å². The summed E-state index contributed by atoms with van der Waals surface area (Å²) in [7, 11) is 1.51. The van der Waals surface area contributed by atoms with E-state index in [2.05, 4.69) is 0 Å². The standard InChI is InChI=1S/C28H27NO6/c1-18-4-3-5-19(16-18)17-35-23-12-8-21(9-13-23)26(31)24-25(20-6-10-22(30)11-7-20)29(14-15-34-2)28(33)27(24)32/h3-13,16,25,30-31H,14-15,17H2,1-2H3/b26-24+/t25-/m1/s1. The third-order valence-corrected chi connectivity index (χ3v) is 5.90. The van der Waals surface area contributed by atoms with Gasteiger partial charge in [-0.05, 0) is 54.4 Å². The van der Waals surface area contributed by atoms with E-state index in [9.17, 15) is 19.8 Å². The lowest BCUT2D eigenvalue weighted by molar-refractivity contribution is -0.140. The molecule has 4 rings (SSSR count). The molecule has 1 atom stereocenters. The Bertz CT molecular complexity index is 1250. The normalized spacial score (nSPS) is 17.1. The van der Waals surface area contributed by atoms with Gasteiger partial charge in [0.2, 0.25) is 0 Å². The molecule has 3 aromatic rings. The lowest BCUT2D eigenvalue weighted by Gasteiger charge is -2.25. The molecule has 7 heteroatoms. The van der Waals surface area contributed by atoms with Gasteiger partial charge in [-0.3, -0.25) is 9.59 Å². The molecular weight excluding hydrogens is 446 g/mol. The fraction of sp³-hybridized carbons (Fsp3) is 0.214. The van der Waals surface area contributed by atoms with E-state index in [0.717, 1.165) is 11.1 Å². The zero-order valence-corrected chi connectivity index (χ0v) is 19.6. The average molecular weight is 474 g/mol. The third-order valence-electron chi connectivity index (χ3n) is 5.90. The van der Waals surface area contributed by atoms with Gasteiger partial charge in [0.25, 0.3) is 11.7 Å². The number of amides is 1. The molecule has 0 aromatic heterocycles. The van der Waals surface area contributed by atoms with Crippen molar-refractivity contribution in [3.05, 3.63) is 101 Å². The Balaban J connectivity index is 1.63. The number of aliphatic hydroxyl groups excluding tert-OH is 1. The molecule has 1 saturated heterocycles. The number of carbonyl (C=O) groups excluding carboxylic acids is 2. The van der Waals surface area contributed by atoms with Crippen LogP contribution in [0.4, 0.5) is 0 Å². The number of phenolic OH excluding ortho intramolecular Hbond substituents is 1. The van der Waals surface area contributed by atoms with Crippen molar-refractivity contribution in [2.75, 3.05) is 20.3 Å². The van der Waals surface area contributed by atoms with E-state index in [0.29, 0.717) is 23.5 Å². The van der Waals surface area contributed by atoms with Crippen LogP contribution in [-0.4, -0.2) is 47.1 Å². The number of aliphatic hydroxyl groups is 1. The second-order valence-electron chi connectivity index (χ2n) is 8.38. The molecule has 1 aliphatic heterocycles. The smallest absolute Gasteiger partial charge is 0.295 e. The largest absolute Gasteiger partial charge is 0.508 e. The van der Waals surface area contributed by atoms with Crippen LogP contribution in [0.15, 0.2) is 78.4 Å². The van der Waals surface area contributed by atoms with Gasteiger partial charge in [0, 0.05) is 19.2 Å². The van der Waals surface area contributed by atoms with E-state index < -0.39 is 17.7 Å². The fourth-order valence-corrected chi connectivity index (χ4v) is 4.14. The Labute approximate surface area is 203 Å². The minimum atomic E-state index is -0.803. The van der Waals surface area contributed by atoms with Gasteiger partial charge in [0.05, 0.1) is 18.2 Å². The Kier molecular flexibility index (Phi) is 7.17. The highest BCUT2D eigenvalue weighted by Gasteiger charge is 2.45. The predicted octanol–water partition coefficient (Wildman–Crippen LogP) is 4.35. The molecule has 1 heterocycles. The summed E-state index contributed by atoms with van der Waals surface area (Å²) in [5.41, 5.74) is 3.17. The van der Waals surface area contributed by atoms with Gasteiger partial charge < -0.3 is 24.6 Å². The highest BCUT2D eigenvalue weighted by Crippen LogP contribution is 2.39. The Morgan fingerprint density at radius 1 is 1.00 bits per heavy atom. The van der Waals surface area contributed by atoms with E-state index in [4.69, 9.17) is 9.47 Å². The van der Waals surface area contributed by atoms with Gasteiger partial charge in [-0.25, -0.2) is 0 Å². The molecule has 2 N–H and O–H groups in total. The molecule has 0 radical (unpaired) electrons. The van der Waals surface area contributed by atoms with Crippen molar-refractivity contribution >= 4 is 17.4 Å². The lowest BCUT2D eigenvalue weighted by atomic mass is 9.95. The number of benzene rings is 3. The maximum absolute atomic E-state index is 13.0. The van der Waals surface area contributed by atoms with E-state index in [-0.39, 0.29) is 30.2 Å². The van der Waals surface area contributed by atoms with Crippen molar-refractivity contribution in [1.82, 2.24) is 4.90 Å². The first-order valence-electron chi connectivity index (χ1n) is 11.2. The number of ether oxygens (including phenoxy) is 2. The van der Waals surface area contributed by atoms with Crippen molar-refractivity contribution in [3.63, 3.8) is 0 Å². The van der Waals surface area contributed by atoms with Crippen molar-refractivity contribution in [2.24, 2.45) is 0 Å². The molecule has 0 spiro atoms. The maximum atomic E-state index is 13.0. The maximum Gasteiger partial charge on any atom is 0.295 e. The van der Waals surface area contributed by atoms with Crippen LogP contribution in [0, 0.1) is 6.92 Å². The minimum Gasteiger partial charge on any atom is -0.508 e. The zero-order valence-electron chi connectivity index (χ0n) is 19.6. The number of phenols is 1. The van der Waals surface area contributed by atoms with Gasteiger partial charge in [-0.2, -0.15) is 0 Å². The van der Waals surface area contributed by atoms with Crippen LogP contribution < -0.4 is 4.74 Å². The number of aryl methyl sites for hydroxylation is 1. The number of nitrogens with zero attached hydrogens (tertiary/aromatic N) is 1. The number of ketones is 1. The molecule has 0 unspecified atom stereocenters. The second kappa shape index (κ2) is 10.4. The summed E-state index contributed by atoms with van der Waals surface area (Å²) >= 11 is 0. The number of hydrogen-bond acceptors (Lipinski definition) is 6. The summed E-state index contributed by atoms with van der Waals surface area (Å²) in [6, 6.07) is 20.2. The number of likely N-dealkylation sites (tertiary alicyclic amines) is 1. The van der Waals surface area contributed by atoms with Crippen molar-refractivity contribution in [1.29, 1.82) is 0 Å². The molecule has 1 amide bonds. The number of hydrogen-bond donors (Lipinski definition) is 2. The predicted molar refractivity (Wildman–Crippen MR) is 131 cm³/mol. The summed E-state index contributed by atoms with van der Waals surface area (Å²) < 4.78 is 11.0. The fourth-order valence-electron chi connectivity index (χ4n) is 4.14. The number of aromatic hydroxyl groups is 1. The van der Waals surface area contributed by atoms with Crippen LogP contribution in [0.5, 0.6) is 11.5 Å². The van der Waals surface area contributed by atoms with E-state index >= 15 is 0 Å².